The minimum atomic E-state index is -0.734. The molecule has 0 aliphatic carbocycles. The minimum Gasteiger partial charge on any atom is -0.449 e. The van der Waals surface area contributed by atoms with Crippen LogP contribution in [-0.4, -0.2) is 44.1 Å². The lowest BCUT2D eigenvalue weighted by Crippen LogP contribution is -2.32. The van der Waals surface area contributed by atoms with Gasteiger partial charge in [0.15, 0.2) is 28.6 Å². The van der Waals surface area contributed by atoms with Crippen LogP contribution in [0.3, 0.4) is 0 Å². The number of benzene rings is 2. The second kappa shape index (κ2) is 12.1. The van der Waals surface area contributed by atoms with E-state index < -0.39 is 12.2 Å². The van der Waals surface area contributed by atoms with Crippen molar-refractivity contribution in [1.82, 2.24) is 10.6 Å². The molecule has 3 aromatic rings. The monoisotopic (exact) mass is 486 g/mol. The number of carbonyl (C=O) groups excluding carboxylic acids is 3. The highest BCUT2D eigenvalue weighted by atomic mass is 35.5. The van der Waals surface area contributed by atoms with Crippen molar-refractivity contribution in [3.05, 3.63) is 36.1 Å². The van der Waals surface area contributed by atoms with Gasteiger partial charge in [-0.2, -0.15) is 0 Å². The molecule has 0 aliphatic heterocycles. The van der Waals surface area contributed by atoms with E-state index in [-0.39, 0.29) is 79.6 Å². The van der Waals surface area contributed by atoms with Gasteiger partial charge < -0.3 is 36.0 Å². The summed E-state index contributed by atoms with van der Waals surface area (Å²) < 4.78 is 16.7. The van der Waals surface area contributed by atoms with Crippen LogP contribution in [0, 0.1) is 0 Å². The normalized spacial score (nSPS) is 10.1. The van der Waals surface area contributed by atoms with Gasteiger partial charge in [0.1, 0.15) is 0 Å². The summed E-state index contributed by atoms with van der Waals surface area (Å²) in [6, 6.07) is 8.29. The molecular weight excluding hydrogens is 463 g/mol. The number of Topliss-reactive ketones (excluding diaryl/α,β-unsaturated/α-hetero) is 1. The van der Waals surface area contributed by atoms with Crippen molar-refractivity contribution < 1.29 is 28.3 Å². The van der Waals surface area contributed by atoms with Crippen LogP contribution in [0.25, 0.3) is 21.7 Å². The van der Waals surface area contributed by atoms with Crippen LogP contribution in [0.2, 0.25) is 0 Å². The van der Waals surface area contributed by atoms with Crippen molar-refractivity contribution in [1.29, 1.82) is 0 Å². The number of hydrogen-bond donors (Lipinski definition) is 4. The van der Waals surface area contributed by atoms with Gasteiger partial charge in [-0.25, -0.2) is 9.59 Å². The average Bonchev–Trinajstić information content (AvgIpc) is 3.18. The quantitative estimate of drug-likeness (QED) is 0.370. The second-order valence-electron chi connectivity index (χ2n) is 6.32. The molecule has 1 heterocycles. The third-order valence-electron chi connectivity index (χ3n) is 4.16. The molecule has 2 aromatic carbocycles. The molecule has 1 aromatic heterocycles. The Labute approximate surface area is 195 Å². The number of carbonyl (C=O) groups is 3. The Hall–Kier alpha value is -3.05. The molecule has 12 heteroatoms. The molecule has 0 fully saturated rings. The van der Waals surface area contributed by atoms with Crippen molar-refractivity contribution in [2.24, 2.45) is 11.5 Å². The highest BCUT2D eigenvalue weighted by molar-refractivity contribution is 6.12. The van der Waals surface area contributed by atoms with Gasteiger partial charge in [-0.1, -0.05) is 24.3 Å². The maximum Gasteiger partial charge on any atom is 0.412 e. The van der Waals surface area contributed by atoms with Crippen LogP contribution in [0.15, 0.2) is 34.7 Å². The highest BCUT2D eigenvalue weighted by Crippen LogP contribution is 2.44. The van der Waals surface area contributed by atoms with E-state index >= 15 is 0 Å². The number of hydrogen-bond acceptors (Lipinski definition) is 8. The van der Waals surface area contributed by atoms with Gasteiger partial charge in [-0.05, 0) is 6.07 Å². The average molecular weight is 487 g/mol. The molecule has 0 aliphatic rings. The van der Waals surface area contributed by atoms with Gasteiger partial charge in [-0.3, -0.25) is 4.79 Å². The summed E-state index contributed by atoms with van der Waals surface area (Å²) >= 11 is 0. The Kier molecular flexibility index (Phi) is 10.2. The predicted octanol–water partition coefficient (Wildman–Crippen LogP) is 2.73. The summed E-state index contributed by atoms with van der Waals surface area (Å²) in [6.45, 7) is 2.27. The number of nitrogens with one attached hydrogen (secondary N) is 2. The van der Waals surface area contributed by atoms with E-state index in [2.05, 4.69) is 10.6 Å². The first-order valence-corrected chi connectivity index (χ1v) is 9.27. The zero-order chi connectivity index (χ0) is 21.7. The van der Waals surface area contributed by atoms with Crippen LogP contribution < -0.4 is 31.6 Å². The van der Waals surface area contributed by atoms with Crippen LogP contribution >= 0.6 is 24.8 Å². The van der Waals surface area contributed by atoms with Crippen molar-refractivity contribution in [2.75, 3.05) is 26.2 Å². The molecule has 0 saturated heterocycles. The lowest BCUT2D eigenvalue weighted by Gasteiger charge is -2.14. The Morgan fingerprint density at radius 1 is 0.875 bits per heavy atom. The summed E-state index contributed by atoms with van der Waals surface area (Å²) in [7, 11) is 0. The van der Waals surface area contributed by atoms with Crippen LogP contribution in [0.5, 0.6) is 11.5 Å². The van der Waals surface area contributed by atoms with Crippen molar-refractivity contribution >= 4 is 64.5 Å². The molecule has 10 nitrogen and oxygen atoms in total. The standard InChI is InChI=1S/C20H22N4O6.2ClH/c1-11(25)15-10-14-16(29-19(26)23-8-6-21)12-4-2-3-5-13(12)17(18(14)28-15)30-20(27)24-9-7-22;;/h2-5,10H,6-9,21-22H2,1H3,(H,23,26)(H,24,27);2*1H. The minimum absolute atomic E-state index is 0. The molecule has 2 amide bonds. The first-order chi connectivity index (χ1) is 14.5. The number of ketones is 1. The van der Waals surface area contributed by atoms with Crippen LogP contribution in [0.4, 0.5) is 9.59 Å². The molecule has 0 radical (unpaired) electrons. The topological polar surface area (TPSA) is 159 Å². The smallest absolute Gasteiger partial charge is 0.412 e. The zero-order valence-corrected chi connectivity index (χ0v) is 18.8. The lowest BCUT2D eigenvalue weighted by molar-refractivity contribution is 0.0989. The number of amides is 2. The number of fused-ring (bicyclic) bond motifs is 2. The largest absolute Gasteiger partial charge is 0.449 e. The zero-order valence-electron chi connectivity index (χ0n) is 17.1. The number of rotatable bonds is 7. The fraction of sp³-hybridized carbons (Fsp3) is 0.250. The van der Waals surface area contributed by atoms with E-state index in [9.17, 15) is 14.4 Å². The van der Waals surface area contributed by atoms with Gasteiger partial charge in [0, 0.05) is 43.9 Å². The first kappa shape index (κ1) is 27.0. The SMILES string of the molecule is CC(=O)c1cc2c(OC(=O)NCCN)c3ccccc3c(OC(=O)NCCN)c2o1.Cl.Cl. The van der Waals surface area contributed by atoms with Gasteiger partial charge in [0.25, 0.3) is 0 Å². The summed E-state index contributed by atoms with van der Waals surface area (Å²) in [4.78, 5) is 36.3. The van der Waals surface area contributed by atoms with Crippen LogP contribution in [-0.2, 0) is 0 Å². The van der Waals surface area contributed by atoms with E-state index in [1.807, 2.05) is 0 Å². The van der Waals surface area contributed by atoms with Gasteiger partial charge in [-0.15, -0.1) is 24.8 Å². The molecular formula is C20H24Cl2N4O6. The molecule has 0 bridgehead atoms. The van der Waals surface area contributed by atoms with E-state index in [1.54, 1.807) is 24.3 Å². The lowest BCUT2D eigenvalue weighted by atomic mass is 10.1. The number of halogens is 2. The van der Waals surface area contributed by atoms with Crippen molar-refractivity contribution in [3.63, 3.8) is 0 Å². The van der Waals surface area contributed by atoms with E-state index in [0.29, 0.717) is 16.2 Å². The van der Waals surface area contributed by atoms with Gasteiger partial charge in [0.05, 0.1) is 5.39 Å². The van der Waals surface area contributed by atoms with Gasteiger partial charge >= 0.3 is 12.2 Å². The summed E-state index contributed by atoms with van der Waals surface area (Å²) in [5.41, 5.74) is 10.9. The Morgan fingerprint density at radius 3 is 1.88 bits per heavy atom. The van der Waals surface area contributed by atoms with E-state index in [0.717, 1.165) is 0 Å². The van der Waals surface area contributed by atoms with E-state index in [4.69, 9.17) is 25.4 Å². The number of nitrogens with two attached hydrogens (primary N) is 2. The Balaban J connectivity index is 0.00000256. The van der Waals surface area contributed by atoms with E-state index in [1.165, 1.54) is 13.0 Å². The maximum absolute atomic E-state index is 12.2. The Morgan fingerprint density at radius 2 is 1.38 bits per heavy atom. The van der Waals surface area contributed by atoms with Crippen LogP contribution in [0.1, 0.15) is 17.5 Å². The van der Waals surface area contributed by atoms with Crippen molar-refractivity contribution in [3.8, 4) is 11.5 Å². The molecule has 6 N–H and O–H groups in total. The number of furan rings is 1. The highest BCUT2D eigenvalue weighted by Gasteiger charge is 2.24. The third-order valence-corrected chi connectivity index (χ3v) is 4.16. The molecule has 174 valence electrons. The maximum atomic E-state index is 12.2. The summed E-state index contributed by atoms with van der Waals surface area (Å²) in [5, 5.41) is 6.28. The second-order valence-corrected chi connectivity index (χ2v) is 6.32. The fourth-order valence-electron chi connectivity index (χ4n) is 2.87. The molecule has 0 atom stereocenters. The van der Waals surface area contributed by atoms with Gasteiger partial charge in [0.2, 0.25) is 0 Å². The van der Waals surface area contributed by atoms with Crippen molar-refractivity contribution in [2.45, 2.75) is 6.92 Å². The molecule has 0 spiro atoms. The Bertz CT molecular complexity index is 1040. The summed E-state index contributed by atoms with van der Waals surface area (Å²) in [6.07, 6.45) is -1.45. The predicted molar refractivity (Wildman–Crippen MR) is 124 cm³/mol. The molecule has 32 heavy (non-hydrogen) atoms. The third kappa shape index (κ3) is 5.80. The first-order valence-electron chi connectivity index (χ1n) is 9.27. The number of ether oxygens (including phenoxy) is 2. The molecule has 0 unspecified atom stereocenters. The molecule has 3 rings (SSSR count). The fourth-order valence-corrected chi connectivity index (χ4v) is 2.87. The summed E-state index contributed by atoms with van der Waals surface area (Å²) in [5.74, 6) is -0.0505. The molecule has 0 saturated carbocycles.